The molecule has 1 amide bonds. The molecule has 1 aromatic carbocycles. The van der Waals surface area contributed by atoms with Crippen LogP contribution in [-0.4, -0.2) is 35.0 Å². The second-order valence-corrected chi connectivity index (χ2v) is 6.75. The highest BCUT2D eigenvalue weighted by molar-refractivity contribution is 6.35. The number of piperidine rings is 1. The third kappa shape index (κ3) is 4.37. The van der Waals surface area contributed by atoms with Crippen molar-refractivity contribution >= 4 is 35.1 Å². The van der Waals surface area contributed by atoms with Gasteiger partial charge in [0, 0.05) is 29.6 Å². The lowest BCUT2D eigenvalue weighted by molar-refractivity contribution is -0.146. The highest BCUT2D eigenvalue weighted by Gasteiger charge is 2.31. The number of nitrogens with zero attached hydrogens (tertiary/aromatic N) is 1. The van der Waals surface area contributed by atoms with Gasteiger partial charge in [0.1, 0.15) is 0 Å². The lowest BCUT2D eigenvalue weighted by Crippen LogP contribution is -2.45. The Morgan fingerprint density at radius 2 is 2.05 bits per heavy atom. The van der Waals surface area contributed by atoms with Crippen molar-refractivity contribution in [2.75, 3.05) is 13.1 Å². The molecule has 0 aliphatic carbocycles. The highest BCUT2D eigenvalue weighted by Crippen LogP contribution is 2.24. The fourth-order valence-corrected chi connectivity index (χ4v) is 3.36. The summed E-state index contributed by atoms with van der Waals surface area (Å²) in [5.74, 6) is -1.11. The molecule has 1 fully saturated rings. The van der Waals surface area contributed by atoms with Crippen molar-refractivity contribution in [1.82, 2.24) is 4.90 Å². The van der Waals surface area contributed by atoms with E-state index in [0.717, 1.165) is 5.56 Å². The van der Waals surface area contributed by atoms with E-state index in [9.17, 15) is 9.59 Å². The molecule has 120 valence electrons. The third-order valence-electron chi connectivity index (χ3n) is 3.98. The Kier molecular flexibility index (Phi) is 5.70. The normalized spacial score (nSPS) is 21.7. The van der Waals surface area contributed by atoms with Gasteiger partial charge < -0.3 is 10.0 Å². The summed E-state index contributed by atoms with van der Waals surface area (Å²) in [6, 6.07) is 5.22. The lowest BCUT2D eigenvalue weighted by atomic mass is 9.90. The molecule has 1 aliphatic rings. The maximum Gasteiger partial charge on any atom is 0.308 e. The topological polar surface area (TPSA) is 57.6 Å². The van der Waals surface area contributed by atoms with Crippen LogP contribution in [-0.2, 0) is 16.0 Å². The van der Waals surface area contributed by atoms with Crippen molar-refractivity contribution < 1.29 is 14.7 Å². The summed E-state index contributed by atoms with van der Waals surface area (Å²) in [6.45, 7) is 2.90. The van der Waals surface area contributed by atoms with E-state index < -0.39 is 11.9 Å². The molecule has 4 nitrogen and oxygen atoms in total. The first-order valence-corrected chi connectivity index (χ1v) is 8.07. The number of halogens is 2. The monoisotopic (exact) mass is 343 g/mol. The summed E-state index contributed by atoms with van der Waals surface area (Å²) in [5.41, 5.74) is 0.874. The summed E-state index contributed by atoms with van der Waals surface area (Å²) in [4.78, 5) is 25.1. The van der Waals surface area contributed by atoms with E-state index in [0.29, 0.717) is 42.4 Å². The molecule has 1 heterocycles. The Balaban J connectivity index is 1.95. The first kappa shape index (κ1) is 17.1. The second kappa shape index (κ2) is 7.34. The van der Waals surface area contributed by atoms with E-state index in [4.69, 9.17) is 28.3 Å². The van der Waals surface area contributed by atoms with E-state index in [1.165, 1.54) is 0 Å². The number of amides is 1. The molecule has 0 spiro atoms. The third-order valence-corrected chi connectivity index (χ3v) is 4.57. The van der Waals surface area contributed by atoms with Gasteiger partial charge in [0.25, 0.3) is 0 Å². The van der Waals surface area contributed by atoms with Crippen molar-refractivity contribution in [2.24, 2.45) is 11.8 Å². The number of carboxylic acids is 1. The number of aryl methyl sites for hydroxylation is 1. The average Bonchev–Trinajstić information content (AvgIpc) is 2.45. The van der Waals surface area contributed by atoms with Crippen LogP contribution in [0.2, 0.25) is 10.0 Å². The standard InChI is InChI=1S/C16H19Cl2NO3/c1-10-6-12(16(21)22)9-19(8-10)15(20)5-3-11-2-4-13(17)7-14(11)18/h2,4,7,10,12H,3,5-6,8-9H2,1H3,(H,21,22). The minimum atomic E-state index is -0.829. The Hall–Kier alpha value is -1.26. The predicted molar refractivity (Wildman–Crippen MR) is 86.3 cm³/mol. The Bertz CT molecular complexity index is 577. The van der Waals surface area contributed by atoms with Crippen LogP contribution in [0, 0.1) is 11.8 Å². The molecule has 0 aromatic heterocycles. The van der Waals surface area contributed by atoms with E-state index in [-0.39, 0.29) is 11.8 Å². The van der Waals surface area contributed by atoms with E-state index in [1.54, 1.807) is 17.0 Å². The van der Waals surface area contributed by atoms with Gasteiger partial charge in [0.15, 0.2) is 0 Å². The molecule has 1 aliphatic heterocycles. The van der Waals surface area contributed by atoms with E-state index in [2.05, 4.69) is 0 Å². The number of aliphatic carboxylic acids is 1. The van der Waals surface area contributed by atoms with Gasteiger partial charge in [-0.15, -0.1) is 0 Å². The second-order valence-electron chi connectivity index (χ2n) is 5.91. The van der Waals surface area contributed by atoms with Crippen LogP contribution in [0.15, 0.2) is 18.2 Å². The maximum atomic E-state index is 12.3. The Labute approximate surface area is 140 Å². The molecule has 6 heteroatoms. The van der Waals surface area contributed by atoms with Crippen molar-refractivity contribution in [3.63, 3.8) is 0 Å². The molecule has 22 heavy (non-hydrogen) atoms. The SMILES string of the molecule is CC1CC(C(=O)O)CN(C(=O)CCc2ccc(Cl)cc2Cl)C1. The minimum Gasteiger partial charge on any atom is -0.481 e. The van der Waals surface area contributed by atoms with Gasteiger partial charge >= 0.3 is 5.97 Å². The zero-order chi connectivity index (χ0) is 16.3. The zero-order valence-electron chi connectivity index (χ0n) is 12.4. The molecule has 0 saturated carbocycles. The van der Waals surface area contributed by atoms with Crippen molar-refractivity contribution in [3.8, 4) is 0 Å². The van der Waals surface area contributed by atoms with Crippen molar-refractivity contribution in [1.29, 1.82) is 0 Å². The van der Waals surface area contributed by atoms with Gasteiger partial charge in [-0.2, -0.15) is 0 Å². The van der Waals surface area contributed by atoms with Crippen LogP contribution in [0.5, 0.6) is 0 Å². The van der Waals surface area contributed by atoms with Crippen LogP contribution >= 0.6 is 23.2 Å². The number of hydrogen-bond donors (Lipinski definition) is 1. The van der Waals surface area contributed by atoms with Gasteiger partial charge in [-0.1, -0.05) is 36.2 Å². The van der Waals surface area contributed by atoms with E-state index >= 15 is 0 Å². The molecular weight excluding hydrogens is 325 g/mol. The molecule has 2 atom stereocenters. The number of rotatable bonds is 4. The smallest absolute Gasteiger partial charge is 0.308 e. The first-order valence-electron chi connectivity index (χ1n) is 7.31. The molecule has 0 bridgehead atoms. The molecule has 2 unspecified atom stereocenters. The molecule has 1 N–H and O–H groups in total. The van der Waals surface area contributed by atoms with Gasteiger partial charge in [0.2, 0.25) is 5.91 Å². The van der Waals surface area contributed by atoms with Crippen LogP contribution in [0.1, 0.15) is 25.3 Å². The summed E-state index contributed by atoms with van der Waals surface area (Å²) < 4.78 is 0. The lowest BCUT2D eigenvalue weighted by Gasteiger charge is -2.34. The number of likely N-dealkylation sites (tertiary alicyclic amines) is 1. The Morgan fingerprint density at radius 1 is 1.32 bits per heavy atom. The van der Waals surface area contributed by atoms with Gasteiger partial charge in [0.05, 0.1) is 5.92 Å². The molecule has 1 aromatic rings. The van der Waals surface area contributed by atoms with Crippen molar-refractivity contribution in [3.05, 3.63) is 33.8 Å². The van der Waals surface area contributed by atoms with Crippen LogP contribution in [0.4, 0.5) is 0 Å². The maximum absolute atomic E-state index is 12.3. The Morgan fingerprint density at radius 3 is 2.68 bits per heavy atom. The molecular formula is C16H19Cl2NO3. The zero-order valence-corrected chi connectivity index (χ0v) is 13.9. The summed E-state index contributed by atoms with van der Waals surface area (Å²) >= 11 is 11.9. The van der Waals surface area contributed by atoms with Crippen LogP contribution < -0.4 is 0 Å². The van der Waals surface area contributed by atoms with Crippen LogP contribution in [0.25, 0.3) is 0 Å². The molecule has 1 saturated heterocycles. The van der Waals surface area contributed by atoms with Gasteiger partial charge in [-0.05, 0) is 36.5 Å². The number of carbonyl (C=O) groups excluding carboxylic acids is 1. The largest absolute Gasteiger partial charge is 0.481 e. The molecule has 2 rings (SSSR count). The van der Waals surface area contributed by atoms with Crippen LogP contribution in [0.3, 0.4) is 0 Å². The van der Waals surface area contributed by atoms with Gasteiger partial charge in [-0.3, -0.25) is 9.59 Å². The summed E-state index contributed by atoms with van der Waals surface area (Å²) in [6.07, 6.45) is 1.47. The van der Waals surface area contributed by atoms with Gasteiger partial charge in [-0.25, -0.2) is 0 Å². The summed E-state index contributed by atoms with van der Waals surface area (Å²) in [7, 11) is 0. The fourth-order valence-electron chi connectivity index (χ4n) is 2.86. The number of benzene rings is 1. The fraction of sp³-hybridized carbons (Fsp3) is 0.500. The van der Waals surface area contributed by atoms with Crippen molar-refractivity contribution in [2.45, 2.75) is 26.2 Å². The average molecular weight is 344 g/mol. The summed E-state index contributed by atoms with van der Waals surface area (Å²) in [5, 5.41) is 10.3. The highest BCUT2D eigenvalue weighted by atomic mass is 35.5. The molecule has 0 radical (unpaired) electrons. The quantitative estimate of drug-likeness (QED) is 0.910. The number of carboxylic acid groups (broad SMARTS) is 1. The number of carbonyl (C=O) groups is 2. The first-order chi connectivity index (χ1) is 10.4. The predicted octanol–water partition coefficient (Wildman–Crippen LogP) is 3.50. The van der Waals surface area contributed by atoms with E-state index in [1.807, 2.05) is 13.0 Å². The minimum absolute atomic E-state index is 0.0242. The number of hydrogen-bond acceptors (Lipinski definition) is 2.